The fourth-order valence-electron chi connectivity index (χ4n) is 2.72. The van der Waals surface area contributed by atoms with E-state index in [1.165, 1.54) is 6.07 Å². The van der Waals surface area contributed by atoms with Crippen molar-refractivity contribution in [1.29, 1.82) is 0 Å². The highest BCUT2D eigenvalue weighted by Gasteiger charge is 2.24. The third kappa shape index (κ3) is 2.66. The summed E-state index contributed by atoms with van der Waals surface area (Å²) in [6.45, 7) is 1.04. The molecular formula is C17H17BrFN3. The lowest BCUT2D eigenvalue weighted by Crippen LogP contribution is -2.39. The molecule has 3 nitrogen and oxygen atoms in total. The molecule has 1 aliphatic heterocycles. The quantitative estimate of drug-likeness (QED) is 0.892. The molecule has 1 atom stereocenters. The number of benzene rings is 2. The van der Waals surface area contributed by atoms with Gasteiger partial charge in [-0.2, -0.15) is 0 Å². The molecule has 1 aliphatic rings. The largest absolute Gasteiger partial charge is 0.368 e. The van der Waals surface area contributed by atoms with Crippen LogP contribution in [0.5, 0.6) is 0 Å². The van der Waals surface area contributed by atoms with E-state index in [4.69, 9.17) is 5.73 Å². The number of aliphatic imine (C=N–C) groups is 1. The predicted molar refractivity (Wildman–Crippen MR) is 92.3 cm³/mol. The number of anilines is 1. The molecule has 0 saturated carbocycles. The molecular weight excluding hydrogens is 345 g/mol. The van der Waals surface area contributed by atoms with Gasteiger partial charge in [-0.3, -0.25) is 4.99 Å². The summed E-state index contributed by atoms with van der Waals surface area (Å²) in [6, 6.07) is 12.8. The van der Waals surface area contributed by atoms with Crippen molar-refractivity contribution in [2.45, 2.75) is 6.04 Å². The van der Waals surface area contributed by atoms with E-state index in [2.05, 4.69) is 25.8 Å². The topological polar surface area (TPSA) is 41.6 Å². The second-order valence-corrected chi connectivity index (χ2v) is 6.25. The Labute approximate surface area is 137 Å². The maximum absolute atomic E-state index is 14.2. The number of likely N-dealkylation sites (N-methyl/N-ethyl adjacent to an activating group) is 1. The van der Waals surface area contributed by atoms with Gasteiger partial charge in [0.25, 0.3) is 0 Å². The molecule has 0 aliphatic carbocycles. The normalized spacial score (nSPS) is 17.7. The smallest absolute Gasteiger partial charge is 0.132 e. The average Bonchev–Trinajstić information content (AvgIpc) is 2.65. The van der Waals surface area contributed by atoms with Crippen LogP contribution >= 0.6 is 15.9 Å². The van der Waals surface area contributed by atoms with Crippen molar-refractivity contribution in [1.82, 2.24) is 0 Å². The molecule has 3 rings (SSSR count). The van der Waals surface area contributed by atoms with Gasteiger partial charge in [0.1, 0.15) is 5.82 Å². The number of halogens is 2. The first-order valence-corrected chi connectivity index (χ1v) is 7.93. The predicted octanol–water partition coefficient (Wildman–Crippen LogP) is 3.20. The maximum Gasteiger partial charge on any atom is 0.132 e. The molecule has 114 valence electrons. The van der Waals surface area contributed by atoms with E-state index in [0.717, 1.165) is 15.7 Å². The first-order chi connectivity index (χ1) is 10.6. The van der Waals surface area contributed by atoms with Gasteiger partial charge in [0, 0.05) is 34.9 Å². The fourth-order valence-corrected chi connectivity index (χ4v) is 3.08. The molecule has 0 spiro atoms. The summed E-state index contributed by atoms with van der Waals surface area (Å²) in [5, 5.41) is 0. The van der Waals surface area contributed by atoms with Gasteiger partial charge in [-0.1, -0.05) is 28.1 Å². The Kier molecular flexibility index (Phi) is 4.27. The van der Waals surface area contributed by atoms with Crippen LogP contribution in [0.3, 0.4) is 0 Å². The third-order valence-electron chi connectivity index (χ3n) is 4.00. The van der Waals surface area contributed by atoms with Gasteiger partial charge in [-0.25, -0.2) is 4.39 Å². The van der Waals surface area contributed by atoms with Crippen molar-refractivity contribution >= 4 is 27.3 Å². The second kappa shape index (κ2) is 6.18. The molecule has 0 bridgehead atoms. The molecule has 0 radical (unpaired) electrons. The van der Waals surface area contributed by atoms with Gasteiger partial charge in [0.2, 0.25) is 0 Å². The number of hydrogen-bond donors (Lipinski definition) is 1. The van der Waals surface area contributed by atoms with Gasteiger partial charge >= 0.3 is 0 Å². The molecule has 5 heteroatoms. The molecule has 2 aromatic carbocycles. The van der Waals surface area contributed by atoms with Crippen molar-refractivity contribution in [3.05, 3.63) is 63.9 Å². The minimum Gasteiger partial charge on any atom is -0.368 e. The van der Waals surface area contributed by atoms with Crippen LogP contribution in [0.25, 0.3) is 0 Å². The molecule has 1 unspecified atom stereocenters. The Morgan fingerprint density at radius 2 is 2.05 bits per heavy atom. The molecule has 22 heavy (non-hydrogen) atoms. The summed E-state index contributed by atoms with van der Waals surface area (Å²) in [4.78, 5) is 6.80. The molecule has 1 heterocycles. The fraction of sp³-hybridized carbons (Fsp3) is 0.235. The Balaban J connectivity index is 2.22. The monoisotopic (exact) mass is 361 g/mol. The van der Waals surface area contributed by atoms with Crippen molar-refractivity contribution < 1.29 is 4.39 Å². The number of rotatable bonds is 2. The van der Waals surface area contributed by atoms with Crippen LogP contribution in [0.1, 0.15) is 11.1 Å². The van der Waals surface area contributed by atoms with Gasteiger partial charge in [0.15, 0.2) is 0 Å². The zero-order valence-electron chi connectivity index (χ0n) is 12.3. The number of nitrogens with zero attached hydrogens (tertiary/aromatic N) is 2. The van der Waals surface area contributed by atoms with E-state index in [1.54, 1.807) is 12.1 Å². The minimum atomic E-state index is -0.263. The first-order valence-electron chi connectivity index (χ1n) is 7.14. The van der Waals surface area contributed by atoms with E-state index in [9.17, 15) is 4.39 Å². The summed E-state index contributed by atoms with van der Waals surface area (Å²) in [6.07, 6.45) is 0. The SMILES string of the molecule is CN1c2ccc(Br)cc2C(c2ccccc2F)=NCC1CN. The highest BCUT2D eigenvalue weighted by atomic mass is 79.9. The highest BCUT2D eigenvalue weighted by molar-refractivity contribution is 9.10. The number of fused-ring (bicyclic) bond motifs is 1. The summed E-state index contributed by atoms with van der Waals surface area (Å²) < 4.78 is 15.2. The summed E-state index contributed by atoms with van der Waals surface area (Å²) in [5.41, 5.74) is 9.00. The molecule has 0 saturated heterocycles. The zero-order valence-corrected chi connectivity index (χ0v) is 13.8. The molecule has 0 amide bonds. The maximum atomic E-state index is 14.2. The van der Waals surface area contributed by atoms with E-state index in [-0.39, 0.29) is 11.9 Å². The highest BCUT2D eigenvalue weighted by Crippen LogP contribution is 2.30. The van der Waals surface area contributed by atoms with Crippen LogP contribution in [0.4, 0.5) is 10.1 Å². The van der Waals surface area contributed by atoms with Crippen LogP contribution < -0.4 is 10.6 Å². The van der Waals surface area contributed by atoms with E-state index in [1.807, 2.05) is 31.3 Å². The van der Waals surface area contributed by atoms with E-state index < -0.39 is 0 Å². The Morgan fingerprint density at radius 3 is 2.77 bits per heavy atom. The van der Waals surface area contributed by atoms with Gasteiger partial charge in [0.05, 0.1) is 18.3 Å². The summed E-state index contributed by atoms with van der Waals surface area (Å²) in [5.74, 6) is -0.263. The molecule has 2 N–H and O–H groups in total. The summed E-state index contributed by atoms with van der Waals surface area (Å²) in [7, 11) is 2.00. The van der Waals surface area contributed by atoms with Crippen molar-refractivity contribution in [2.24, 2.45) is 10.7 Å². The molecule has 0 fully saturated rings. The first kappa shape index (κ1) is 15.2. The van der Waals surface area contributed by atoms with E-state index in [0.29, 0.717) is 24.4 Å². The molecule has 0 aromatic heterocycles. The van der Waals surface area contributed by atoms with Crippen LogP contribution in [0.15, 0.2) is 51.9 Å². The standard InChI is InChI=1S/C17H17BrFN3/c1-22-12(9-20)10-21-17(13-4-2-3-5-15(13)19)14-8-11(18)6-7-16(14)22/h2-8,12H,9-10,20H2,1H3. The second-order valence-electron chi connectivity index (χ2n) is 5.33. The van der Waals surface area contributed by atoms with Crippen molar-refractivity contribution in [3.8, 4) is 0 Å². The van der Waals surface area contributed by atoms with Crippen LogP contribution in [-0.2, 0) is 0 Å². The van der Waals surface area contributed by atoms with Crippen LogP contribution in [-0.4, -0.2) is 31.9 Å². The Morgan fingerprint density at radius 1 is 1.27 bits per heavy atom. The lowest BCUT2D eigenvalue weighted by molar-refractivity contribution is 0.624. The van der Waals surface area contributed by atoms with Crippen LogP contribution in [0.2, 0.25) is 0 Å². The average molecular weight is 362 g/mol. The number of benzodiazepines with no additional fused rings is 1. The lowest BCUT2D eigenvalue weighted by atomic mass is 10.00. The minimum absolute atomic E-state index is 0.101. The van der Waals surface area contributed by atoms with Crippen molar-refractivity contribution in [2.75, 3.05) is 25.0 Å². The zero-order chi connectivity index (χ0) is 15.7. The Bertz CT molecular complexity index is 730. The van der Waals surface area contributed by atoms with Gasteiger partial charge in [-0.05, 0) is 30.3 Å². The Hall–Kier alpha value is -1.72. The molecule has 2 aromatic rings. The van der Waals surface area contributed by atoms with E-state index >= 15 is 0 Å². The summed E-state index contributed by atoms with van der Waals surface area (Å²) >= 11 is 3.49. The lowest BCUT2D eigenvalue weighted by Gasteiger charge is -2.27. The number of nitrogens with two attached hydrogens (primary N) is 1. The van der Waals surface area contributed by atoms with Crippen molar-refractivity contribution in [3.63, 3.8) is 0 Å². The third-order valence-corrected chi connectivity index (χ3v) is 4.50. The van der Waals surface area contributed by atoms with Gasteiger partial charge in [-0.15, -0.1) is 0 Å². The number of hydrogen-bond acceptors (Lipinski definition) is 3. The van der Waals surface area contributed by atoms with Crippen LogP contribution in [0, 0.1) is 5.82 Å². The van der Waals surface area contributed by atoms with Gasteiger partial charge < -0.3 is 10.6 Å².